The second-order valence-corrected chi connectivity index (χ2v) is 4.83. The van der Waals surface area contributed by atoms with Crippen molar-refractivity contribution in [3.05, 3.63) is 48.4 Å². The average Bonchev–Trinajstić information content (AvgIpc) is 2.94. The summed E-state index contributed by atoms with van der Waals surface area (Å²) in [6, 6.07) is 9.48. The van der Waals surface area contributed by atoms with Crippen LogP contribution in [0.1, 0.15) is 19.0 Å². The molecule has 3 aromatic rings. The Hall–Kier alpha value is -2.40. The molecule has 108 valence electrons. The zero-order chi connectivity index (χ0) is 14.7. The summed E-state index contributed by atoms with van der Waals surface area (Å²) >= 11 is 0. The maximum absolute atomic E-state index is 9.33. The van der Waals surface area contributed by atoms with Crippen LogP contribution < -0.4 is 4.74 Å². The summed E-state index contributed by atoms with van der Waals surface area (Å²) in [5.74, 6) is 1.37. The Balaban J connectivity index is 1.98. The van der Waals surface area contributed by atoms with Crippen LogP contribution in [0.3, 0.4) is 0 Å². The average molecular weight is 283 g/mol. The van der Waals surface area contributed by atoms with Crippen molar-refractivity contribution in [1.29, 1.82) is 0 Å². The zero-order valence-electron chi connectivity index (χ0n) is 11.9. The molecule has 0 unspecified atom stereocenters. The molecule has 5 nitrogen and oxygen atoms in total. The van der Waals surface area contributed by atoms with Gasteiger partial charge in [-0.25, -0.2) is 0 Å². The number of para-hydroxylation sites is 1. The van der Waals surface area contributed by atoms with Gasteiger partial charge in [-0.15, -0.1) is 0 Å². The van der Waals surface area contributed by atoms with E-state index in [1.54, 1.807) is 12.3 Å². The normalized spacial score (nSPS) is 11.0. The number of hydrogen-bond donors (Lipinski definition) is 1. The predicted molar refractivity (Wildman–Crippen MR) is 80.3 cm³/mol. The molecule has 2 aromatic heterocycles. The first-order valence-corrected chi connectivity index (χ1v) is 7.00. The number of aromatic nitrogens is 3. The molecule has 0 atom stereocenters. The molecule has 0 aliphatic rings. The Labute approximate surface area is 122 Å². The molecule has 0 fully saturated rings. The van der Waals surface area contributed by atoms with E-state index >= 15 is 0 Å². The van der Waals surface area contributed by atoms with Gasteiger partial charge in [0.1, 0.15) is 5.75 Å². The van der Waals surface area contributed by atoms with Gasteiger partial charge in [-0.1, -0.05) is 19.1 Å². The minimum absolute atomic E-state index is 0.115. The monoisotopic (exact) mass is 283 g/mol. The van der Waals surface area contributed by atoms with Crippen LogP contribution in [-0.2, 0) is 13.2 Å². The number of fused-ring (bicyclic) bond motifs is 1. The summed E-state index contributed by atoms with van der Waals surface area (Å²) in [6.45, 7) is 2.85. The molecule has 5 heteroatoms. The van der Waals surface area contributed by atoms with Crippen molar-refractivity contribution >= 4 is 10.9 Å². The highest BCUT2D eigenvalue weighted by atomic mass is 16.5. The summed E-state index contributed by atoms with van der Waals surface area (Å²) < 4.78 is 7.78. The molecule has 0 bridgehead atoms. The second kappa shape index (κ2) is 5.93. The summed E-state index contributed by atoms with van der Waals surface area (Å²) in [4.78, 5) is 4.38. The van der Waals surface area contributed by atoms with Crippen molar-refractivity contribution in [3.8, 4) is 11.5 Å². The van der Waals surface area contributed by atoms with Gasteiger partial charge in [-0.3, -0.25) is 9.67 Å². The van der Waals surface area contributed by atoms with Crippen molar-refractivity contribution in [2.24, 2.45) is 0 Å². The SMILES string of the molecule is CCCn1cc(Oc2cc(CO)nc3ccccc23)cn1. The Kier molecular flexibility index (Phi) is 3.83. The topological polar surface area (TPSA) is 60.2 Å². The van der Waals surface area contributed by atoms with Crippen LogP contribution in [0, 0.1) is 0 Å². The molecule has 1 N–H and O–H groups in total. The first-order valence-electron chi connectivity index (χ1n) is 7.00. The number of aliphatic hydroxyl groups is 1. The van der Waals surface area contributed by atoms with Crippen molar-refractivity contribution in [2.45, 2.75) is 26.5 Å². The summed E-state index contributed by atoms with van der Waals surface area (Å²) in [7, 11) is 0. The standard InChI is InChI=1S/C16H17N3O2/c1-2-7-19-10-13(9-17-19)21-16-8-12(11-20)18-15-6-4-3-5-14(15)16/h3-6,8-10,20H,2,7,11H2,1H3. The van der Waals surface area contributed by atoms with Crippen molar-refractivity contribution in [3.63, 3.8) is 0 Å². The number of benzene rings is 1. The molecule has 0 saturated heterocycles. The number of aryl methyl sites for hydroxylation is 1. The van der Waals surface area contributed by atoms with E-state index < -0.39 is 0 Å². The van der Waals surface area contributed by atoms with Gasteiger partial charge in [0.25, 0.3) is 0 Å². The highest BCUT2D eigenvalue weighted by Crippen LogP contribution is 2.29. The minimum atomic E-state index is -0.115. The summed E-state index contributed by atoms with van der Waals surface area (Å²) in [6.07, 6.45) is 4.59. The van der Waals surface area contributed by atoms with Gasteiger partial charge in [0.15, 0.2) is 5.75 Å². The molecule has 0 spiro atoms. The van der Waals surface area contributed by atoms with Crippen molar-refractivity contribution in [1.82, 2.24) is 14.8 Å². The molecule has 0 aliphatic heterocycles. The van der Waals surface area contributed by atoms with Gasteiger partial charge in [-0.05, 0) is 18.6 Å². The molecule has 1 aromatic carbocycles. The molecular weight excluding hydrogens is 266 g/mol. The van der Waals surface area contributed by atoms with Crippen LogP contribution in [0.5, 0.6) is 11.5 Å². The van der Waals surface area contributed by atoms with E-state index in [-0.39, 0.29) is 6.61 Å². The fourth-order valence-corrected chi connectivity index (χ4v) is 2.24. The van der Waals surface area contributed by atoms with Crippen molar-refractivity contribution in [2.75, 3.05) is 0 Å². The van der Waals surface area contributed by atoms with E-state index in [1.807, 2.05) is 35.1 Å². The Morgan fingerprint density at radius 2 is 2.14 bits per heavy atom. The van der Waals surface area contributed by atoms with E-state index in [0.29, 0.717) is 17.2 Å². The second-order valence-electron chi connectivity index (χ2n) is 4.83. The van der Waals surface area contributed by atoms with Crippen LogP contribution in [-0.4, -0.2) is 19.9 Å². The van der Waals surface area contributed by atoms with Crippen LogP contribution in [0.25, 0.3) is 10.9 Å². The van der Waals surface area contributed by atoms with Gasteiger partial charge < -0.3 is 9.84 Å². The van der Waals surface area contributed by atoms with Crippen LogP contribution in [0.4, 0.5) is 0 Å². The summed E-state index contributed by atoms with van der Waals surface area (Å²) in [5, 5.41) is 14.5. The van der Waals surface area contributed by atoms with Crippen LogP contribution in [0.2, 0.25) is 0 Å². The van der Waals surface area contributed by atoms with E-state index in [1.165, 1.54) is 0 Å². The fraction of sp³-hybridized carbons (Fsp3) is 0.250. The quantitative estimate of drug-likeness (QED) is 0.781. The van der Waals surface area contributed by atoms with Crippen LogP contribution in [0.15, 0.2) is 42.7 Å². The van der Waals surface area contributed by atoms with Crippen LogP contribution >= 0.6 is 0 Å². The Morgan fingerprint density at radius 1 is 1.29 bits per heavy atom. The van der Waals surface area contributed by atoms with Gasteiger partial charge >= 0.3 is 0 Å². The lowest BCUT2D eigenvalue weighted by Crippen LogP contribution is -1.95. The Bertz CT molecular complexity index is 752. The molecule has 0 saturated carbocycles. The number of aliphatic hydroxyl groups excluding tert-OH is 1. The van der Waals surface area contributed by atoms with E-state index in [2.05, 4.69) is 17.0 Å². The number of nitrogens with zero attached hydrogens (tertiary/aromatic N) is 3. The molecule has 2 heterocycles. The Morgan fingerprint density at radius 3 is 2.95 bits per heavy atom. The molecule has 0 radical (unpaired) electrons. The summed E-state index contributed by atoms with van der Waals surface area (Å²) in [5.41, 5.74) is 1.39. The molecule has 0 aliphatic carbocycles. The third kappa shape index (κ3) is 2.87. The maximum atomic E-state index is 9.33. The first-order chi connectivity index (χ1) is 10.3. The molecular formula is C16H17N3O2. The maximum Gasteiger partial charge on any atom is 0.165 e. The lowest BCUT2D eigenvalue weighted by atomic mass is 10.2. The first kappa shape index (κ1) is 13.6. The number of pyridine rings is 1. The van der Waals surface area contributed by atoms with E-state index in [9.17, 15) is 5.11 Å². The van der Waals surface area contributed by atoms with E-state index in [0.717, 1.165) is 23.9 Å². The molecule has 21 heavy (non-hydrogen) atoms. The molecule has 3 rings (SSSR count). The predicted octanol–water partition coefficient (Wildman–Crippen LogP) is 3.13. The van der Waals surface area contributed by atoms with Gasteiger partial charge in [0, 0.05) is 18.0 Å². The van der Waals surface area contributed by atoms with E-state index in [4.69, 9.17) is 4.74 Å². The lowest BCUT2D eigenvalue weighted by molar-refractivity contribution is 0.277. The van der Waals surface area contributed by atoms with Gasteiger partial charge in [0.2, 0.25) is 0 Å². The highest BCUT2D eigenvalue weighted by molar-refractivity contribution is 5.85. The fourth-order valence-electron chi connectivity index (χ4n) is 2.24. The molecule has 0 amide bonds. The van der Waals surface area contributed by atoms with Gasteiger partial charge in [0.05, 0.1) is 30.2 Å². The lowest BCUT2D eigenvalue weighted by Gasteiger charge is -2.08. The third-order valence-corrected chi connectivity index (χ3v) is 3.18. The number of hydrogen-bond acceptors (Lipinski definition) is 4. The van der Waals surface area contributed by atoms with Gasteiger partial charge in [-0.2, -0.15) is 5.10 Å². The largest absolute Gasteiger partial charge is 0.453 e. The number of ether oxygens (including phenoxy) is 1. The smallest absolute Gasteiger partial charge is 0.165 e. The highest BCUT2D eigenvalue weighted by Gasteiger charge is 2.08. The number of rotatable bonds is 5. The third-order valence-electron chi connectivity index (χ3n) is 3.18. The zero-order valence-corrected chi connectivity index (χ0v) is 11.9. The minimum Gasteiger partial charge on any atom is -0.453 e. The van der Waals surface area contributed by atoms with Crippen molar-refractivity contribution < 1.29 is 9.84 Å².